The summed E-state index contributed by atoms with van der Waals surface area (Å²) in [5.41, 5.74) is 5.22. The summed E-state index contributed by atoms with van der Waals surface area (Å²) in [6.07, 6.45) is 7.35. The molecule has 3 atom stereocenters. The highest BCUT2D eigenvalue weighted by atomic mass is 32.1. The largest absolute Gasteiger partial charge is 0.368 e. The van der Waals surface area contributed by atoms with E-state index in [9.17, 15) is 19.2 Å². The molecule has 0 radical (unpaired) electrons. The van der Waals surface area contributed by atoms with Crippen LogP contribution in [0, 0.1) is 5.82 Å². The molecule has 0 saturated carbocycles. The molecule has 5 aliphatic rings. The predicted octanol–water partition coefficient (Wildman–Crippen LogP) is 4.52. The number of amides is 5. The molecule has 10 rings (SSSR count). The second kappa shape index (κ2) is 14.1. The van der Waals surface area contributed by atoms with Crippen molar-refractivity contribution in [3.8, 4) is 11.1 Å². The van der Waals surface area contributed by atoms with Crippen molar-refractivity contribution in [1.29, 1.82) is 0 Å². The van der Waals surface area contributed by atoms with E-state index in [4.69, 9.17) is 0 Å². The van der Waals surface area contributed by atoms with Crippen LogP contribution in [0.1, 0.15) is 64.7 Å². The third-order valence-corrected chi connectivity index (χ3v) is 12.6. The number of carbonyl (C=O) groups is 4. The number of hydrogen-bond donors (Lipinski definition) is 2. The van der Waals surface area contributed by atoms with Gasteiger partial charge in [0.15, 0.2) is 17.0 Å². The quantitative estimate of drug-likeness (QED) is 0.218. The van der Waals surface area contributed by atoms with Gasteiger partial charge in [-0.2, -0.15) is 5.10 Å². The Morgan fingerprint density at radius 1 is 0.965 bits per heavy atom. The van der Waals surface area contributed by atoms with Gasteiger partial charge in [-0.15, -0.1) is 16.4 Å². The van der Waals surface area contributed by atoms with E-state index in [0.717, 1.165) is 68.0 Å². The number of piperazine rings is 1. The number of imide groups is 1. The number of aryl methyl sites for hydroxylation is 1. The van der Waals surface area contributed by atoms with Crippen LogP contribution in [0.15, 0.2) is 66.4 Å². The maximum absolute atomic E-state index is 15.9. The molecule has 3 fully saturated rings. The van der Waals surface area contributed by atoms with Gasteiger partial charge in [-0.1, -0.05) is 12.1 Å². The minimum atomic E-state index is -1.04. The zero-order chi connectivity index (χ0) is 38.8. The predicted molar refractivity (Wildman–Crippen MR) is 208 cm³/mol. The Hall–Kier alpha value is -6.07. The number of urea groups is 1. The molecule has 2 bridgehead atoms. The average Bonchev–Trinajstić information content (AvgIpc) is 4.05. The van der Waals surface area contributed by atoms with Gasteiger partial charge in [0.1, 0.15) is 5.82 Å². The van der Waals surface area contributed by atoms with E-state index in [1.165, 1.54) is 27.2 Å². The topological polar surface area (TPSA) is 162 Å². The number of fused-ring (bicyclic) bond motifs is 4. The van der Waals surface area contributed by atoms with Crippen LogP contribution in [0.25, 0.3) is 11.1 Å². The van der Waals surface area contributed by atoms with Gasteiger partial charge in [-0.3, -0.25) is 34.8 Å². The molecule has 2 N–H and O–H groups in total. The van der Waals surface area contributed by atoms with Crippen LogP contribution in [0.5, 0.6) is 0 Å². The van der Waals surface area contributed by atoms with Gasteiger partial charge < -0.3 is 14.4 Å². The van der Waals surface area contributed by atoms with Crippen molar-refractivity contribution in [2.45, 2.75) is 69.9 Å². The first kappa shape index (κ1) is 35.4. The molecule has 5 aliphatic heterocycles. The molecule has 3 unspecified atom stereocenters. The standard InChI is InChI=1S/C40H38FN11O4S/c41-31-17-24(16-29-30(31)21-52(38(29)55)36(37(54)45-39-42-12-15-57-39)35-32-2-1-13-48(32)22-43-35)23-3-6-26(7-4-23)49-19-27-8-9-28(20-49)51(27)18-25-5-10-33(47-46-25)50-14-11-34(53)44-40(50)56/h3-7,10,12,15-17,22,27-28,36H,1-2,8-9,11,13-14,18-21H2,(H,42,45,54)(H,44,53,56). The first-order valence-electron chi connectivity index (χ1n) is 19.2. The molecule has 57 heavy (non-hydrogen) atoms. The molecule has 15 nitrogen and oxygen atoms in total. The maximum atomic E-state index is 15.9. The van der Waals surface area contributed by atoms with Crippen molar-refractivity contribution in [2.24, 2.45) is 0 Å². The Kier molecular flexibility index (Phi) is 8.77. The second-order valence-electron chi connectivity index (χ2n) is 15.2. The van der Waals surface area contributed by atoms with Crippen molar-refractivity contribution in [2.75, 3.05) is 34.8 Å². The van der Waals surface area contributed by atoms with Crippen LogP contribution < -0.4 is 20.4 Å². The molecule has 5 aromatic rings. The number of nitrogens with one attached hydrogen (secondary N) is 2. The van der Waals surface area contributed by atoms with Crippen molar-refractivity contribution in [1.82, 2.24) is 39.8 Å². The summed E-state index contributed by atoms with van der Waals surface area (Å²) >= 11 is 1.28. The van der Waals surface area contributed by atoms with E-state index in [-0.39, 0.29) is 36.5 Å². The molecule has 0 aliphatic carbocycles. The Balaban J connectivity index is 0.828. The number of thiazole rings is 1. The number of benzene rings is 2. The van der Waals surface area contributed by atoms with Gasteiger partial charge >= 0.3 is 6.03 Å². The molecule has 17 heteroatoms. The number of rotatable bonds is 9. The van der Waals surface area contributed by atoms with Gasteiger partial charge in [0.2, 0.25) is 5.91 Å². The third-order valence-electron chi connectivity index (χ3n) is 11.9. The van der Waals surface area contributed by atoms with E-state index >= 15 is 4.39 Å². The Morgan fingerprint density at radius 3 is 2.53 bits per heavy atom. The lowest BCUT2D eigenvalue weighted by molar-refractivity contribution is -0.121. The Morgan fingerprint density at radius 2 is 1.79 bits per heavy atom. The first-order valence-corrected chi connectivity index (χ1v) is 20.1. The summed E-state index contributed by atoms with van der Waals surface area (Å²) in [4.78, 5) is 68.2. The van der Waals surface area contributed by atoms with Crippen molar-refractivity contribution in [3.05, 3.63) is 100 Å². The summed E-state index contributed by atoms with van der Waals surface area (Å²) in [7, 11) is 0. The number of halogens is 1. The number of nitrogens with zero attached hydrogens (tertiary/aromatic N) is 9. The van der Waals surface area contributed by atoms with E-state index in [0.29, 0.717) is 40.8 Å². The zero-order valence-corrected chi connectivity index (χ0v) is 31.6. The van der Waals surface area contributed by atoms with Crippen molar-refractivity contribution >= 4 is 51.7 Å². The number of hydrogen-bond acceptors (Lipinski definition) is 11. The van der Waals surface area contributed by atoms with Crippen LogP contribution in [-0.2, 0) is 35.6 Å². The molecule has 8 heterocycles. The van der Waals surface area contributed by atoms with Gasteiger partial charge in [0.25, 0.3) is 11.8 Å². The van der Waals surface area contributed by atoms with Gasteiger partial charge in [0.05, 0.1) is 24.3 Å². The lowest BCUT2D eigenvalue weighted by Crippen LogP contribution is -2.53. The van der Waals surface area contributed by atoms with Crippen LogP contribution in [0.2, 0.25) is 0 Å². The lowest BCUT2D eigenvalue weighted by atomic mass is 9.99. The van der Waals surface area contributed by atoms with Gasteiger partial charge in [0, 0.05) is 85.3 Å². The fourth-order valence-corrected chi connectivity index (χ4v) is 9.57. The van der Waals surface area contributed by atoms with Crippen LogP contribution in [-0.4, -0.2) is 90.0 Å². The van der Waals surface area contributed by atoms with E-state index in [1.54, 1.807) is 30.0 Å². The Bertz CT molecular complexity index is 2390. The summed E-state index contributed by atoms with van der Waals surface area (Å²) < 4.78 is 18.0. The first-order chi connectivity index (χ1) is 27.8. The molecule has 0 spiro atoms. The summed E-state index contributed by atoms with van der Waals surface area (Å²) in [6, 6.07) is 14.1. The minimum Gasteiger partial charge on any atom is -0.368 e. The highest BCUT2D eigenvalue weighted by Crippen LogP contribution is 2.39. The monoisotopic (exact) mass is 787 g/mol. The zero-order valence-electron chi connectivity index (χ0n) is 30.8. The number of imidazole rings is 1. The molecule has 3 aromatic heterocycles. The van der Waals surface area contributed by atoms with Crippen LogP contribution in [0.3, 0.4) is 0 Å². The van der Waals surface area contributed by atoms with Crippen LogP contribution in [0.4, 0.5) is 25.8 Å². The van der Waals surface area contributed by atoms with E-state index in [1.807, 2.05) is 22.8 Å². The fraction of sp³-hybridized carbons (Fsp3) is 0.350. The fourth-order valence-electron chi connectivity index (χ4n) is 9.04. The third kappa shape index (κ3) is 6.39. The number of carbonyl (C=O) groups excluding carboxylic acids is 4. The van der Waals surface area contributed by atoms with E-state index in [2.05, 4.69) is 52.7 Å². The minimum absolute atomic E-state index is 0.0475. The smallest absolute Gasteiger partial charge is 0.329 e. The Labute approximate surface area is 330 Å². The molecule has 2 aromatic carbocycles. The van der Waals surface area contributed by atoms with Crippen molar-refractivity contribution in [3.63, 3.8) is 0 Å². The lowest BCUT2D eigenvalue weighted by Gasteiger charge is -2.42. The highest BCUT2D eigenvalue weighted by molar-refractivity contribution is 7.13. The number of aromatic nitrogens is 5. The number of anilines is 3. The van der Waals surface area contributed by atoms with Crippen LogP contribution >= 0.6 is 11.3 Å². The SMILES string of the molecule is O=C1CCN(c2ccc(CN3C4CCC3CN(c3ccc(-c5cc(F)c6c(c5)C(=O)N(C(C(=O)Nc5nccs5)c5ncn7c5CCC7)C6)cc3)C4)nn2)C(=O)N1. The molecular weight excluding hydrogens is 750 g/mol. The average molecular weight is 788 g/mol. The van der Waals surface area contributed by atoms with Gasteiger partial charge in [-0.25, -0.2) is 19.2 Å². The van der Waals surface area contributed by atoms with Crippen molar-refractivity contribution < 1.29 is 23.6 Å². The highest BCUT2D eigenvalue weighted by Gasteiger charge is 2.43. The second-order valence-corrected chi connectivity index (χ2v) is 16.1. The summed E-state index contributed by atoms with van der Waals surface area (Å²) in [5.74, 6) is -1.20. The van der Waals surface area contributed by atoms with E-state index < -0.39 is 29.7 Å². The molecule has 3 saturated heterocycles. The molecule has 5 amide bonds. The molecule has 290 valence electrons. The maximum Gasteiger partial charge on any atom is 0.329 e. The summed E-state index contributed by atoms with van der Waals surface area (Å²) in [6.45, 7) is 3.37. The molecular formula is C40H38FN11O4S. The normalized spacial score (nSPS) is 20.9. The van der Waals surface area contributed by atoms with Gasteiger partial charge in [-0.05, 0) is 73.2 Å². The summed E-state index contributed by atoms with van der Waals surface area (Å²) in [5, 5.41) is 16.0.